The van der Waals surface area contributed by atoms with Gasteiger partial charge in [-0.15, -0.1) is 0 Å². The van der Waals surface area contributed by atoms with E-state index in [9.17, 15) is 22.0 Å². The van der Waals surface area contributed by atoms with Crippen molar-refractivity contribution in [1.82, 2.24) is 0 Å². The summed E-state index contributed by atoms with van der Waals surface area (Å²) in [6, 6.07) is 3.64. The van der Waals surface area contributed by atoms with Crippen LogP contribution in [0.3, 0.4) is 0 Å². The molecule has 0 heterocycles. The van der Waals surface area contributed by atoms with Crippen LogP contribution >= 0.6 is 0 Å². The van der Waals surface area contributed by atoms with Crippen LogP contribution in [0.2, 0.25) is 0 Å². The first-order valence-corrected chi connectivity index (χ1v) is 4.37. The van der Waals surface area contributed by atoms with Crippen LogP contribution in [0.5, 0.6) is 5.75 Å². The van der Waals surface area contributed by atoms with Gasteiger partial charge in [0.05, 0.1) is 17.2 Å². The lowest BCUT2D eigenvalue weighted by Gasteiger charge is -2.10. The Balaban J connectivity index is 2.98. The Morgan fingerprint density at radius 1 is 1.29 bits per heavy atom. The number of hydrogen-bond acceptors (Lipinski definition) is 2. The van der Waals surface area contributed by atoms with E-state index in [0.29, 0.717) is 6.07 Å². The van der Waals surface area contributed by atoms with Crippen LogP contribution in [0.15, 0.2) is 18.2 Å². The van der Waals surface area contributed by atoms with Crippen molar-refractivity contribution < 1.29 is 26.7 Å². The van der Waals surface area contributed by atoms with Gasteiger partial charge in [0.15, 0.2) is 0 Å². The van der Waals surface area contributed by atoms with Crippen LogP contribution in [0.25, 0.3) is 0 Å². The van der Waals surface area contributed by atoms with Crippen LogP contribution in [0.1, 0.15) is 11.1 Å². The van der Waals surface area contributed by atoms with Crippen molar-refractivity contribution >= 4 is 0 Å². The Labute approximate surface area is 93.2 Å². The van der Waals surface area contributed by atoms with Gasteiger partial charge in [-0.25, -0.2) is 8.78 Å². The monoisotopic (exact) mass is 251 g/mol. The van der Waals surface area contributed by atoms with E-state index in [4.69, 9.17) is 5.26 Å². The topological polar surface area (TPSA) is 33.0 Å². The van der Waals surface area contributed by atoms with Gasteiger partial charge in [-0.1, -0.05) is 0 Å². The predicted molar refractivity (Wildman–Crippen MR) is 47.7 cm³/mol. The highest BCUT2D eigenvalue weighted by atomic mass is 19.4. The van der Waals surface area contributed by atoms with Crippen molar-refractivity contribution in [3.63, 3.8) is 0 Å². The molecule has 0 saturated carbocycles. The molecule has 0 aliphatic carbocycles. The number of ether oxygens (including phenoxy) is 1. The van der Waals surface area contributed by atoms with Crippen LogP contribution in [0.4, 0.5) is 22.0 Å². The molecule has 0 aliphatic heterocycles. The highest BCUT2D eigenvalue weighted by Crippen LogP contribution is 2.33. The molecule has 0 spiro atoms. The van der Waals surface area contributed by atoms with Gasteiger partial charge in [0.25, 0.3) is 6.43 Å². The highest BCUT2D eigenvalue weighted by molar-refractivity contribution is 5.44. The second kappa shape index (κ2) is 4.99. The summed E-state index contributed by atoms with van der Waals surface area (Å²) in [5, 5.41) is 8.53. The molecule has 92 valence electrons. The summed E-state index contributed by atoms with van der Waals surface area (Å²) in [4.78, 5) is 0. The van der Waals surface area contributed by atoms with E-state index in [1.165, 1.54) is 6.07 Å². The average molecular weight is 251 g/mol. The molecule has 0 aliphatic rings. The molecule has 0 saturated heterocycles. The molecule has 0 N–H and O–H groups in total. The summed E-state index contributed by atoms with van der Waals surface area (Å²) >= 11 is 0. The summed E-state index contributed by atoms with van der Waals surface area (Å²) in [6.45, 7) is -0.934. The first-order chi connectivity index (χ1) is 7.84. The maximum atomic E-state index is 12.4. The molecule has 0 bridgehead atoms. The molecular formula is C10H6F5NO. The number of halogens is 5. The maximum Gasteiger partial charge on any atom is 0.417 e. The van der Waals surface area contributed by atoms with Crippen LogP contribution in [-0.4, -0.2) is 13.0 Å². The fraction of sp³-hybridized carbons (Fsp3) is 0.300. The minimum Gasteiger partial charge on any atom is -0.488 e. The van der Waals surface area contributed by atoms with E-state index in [1.807, 2.05) is 0 Å². The molecule has 1 rings (SSSR count). The summed E-state index contributed by atoms with van der Waals surface area (Å²) in [6.07, 6.45) is -7.39. The molecule has 1 aromatic carbocycles. The molecular weight excluding hydrogens is 245 g/mol. The van der Waals surface area contributed by atoms with Crippen LogP contribution in [0, 0.1) is 11.3 Å². The number of benzene rings is 1. The Bertz CT molecular complexity index is 435. The van der Waals surface area contributed by atoms with Gasteiger partial charge in [0.1, 0.15) is 12.4 Å². The minimum atomic E-state index is -4.66. The molecule has 0 unspecified atom stereocenters. The maximum absolute atomic E-state index is 12.4. The lowest BCUT2D eigenvalue weighted by Crippen LogP contribution is -2.10. The molecule has 0 amide bonds. The van der Waals surface area contributed by atoms with Gasteiger partial charge in [0.2, 0.25) is 0 Å². The van der Waals surface area contributed by atoms with E-state index in [0.717, 1.165) is 12.1 Å². The largest absolute Gasteiger partial charge is 0.488 e. The van der Waals surface area contributed by atoms with Gasteiger partial charge < -0.3 is 4.74 Å². The number of nitriles is 1. The van der Waals surface area contributed by atoms with Gasteiger partial charge in [-0.3, -0.25) is 0 Å². The second-order valence-corrected chi connectivity index (χ2v) is 3.02. The number of hydrogen-bond donors (Lipinski definition) is 0. The van der Waals surface area contributed by atoms with Crippen molar-refractivity contribution in [2.75, 3.05) is 6.61 Å². The average Bonchev–Trinajstić information content (AvgIpc) is 2.24. The summed E-state index contributed by atoms with van der Waals surface area (Å²) in [5.41, 5.74) is -1.78. The molecule has 17 heavy (non-hydrogen) atoms. The van der Waals surface area contributed by atoms with Gasteiger partial charge >= 0.3 is 6.18 Å². The zero-order valence-corrected chi connectivity index (χ0v) is 8.26. The standard InChI is InChI=1S/C10H6F5NO/c11-9(12)5-17-7-1-2-8(10(13,14)15)6(3-7)4-16/h1-3,9H,5H2. The van der Waals surface area contributed by atoms with Crippen molar-refractivity contribution in [3.8, 4) is 11.8 Å². The van der Waals surface area contributed by atoms with E-state index < -0.39 is 30.3 Å². The third kappa shape index (κ3) is 3.59. The fourth-order valence-corrected chi connectivity index (χ4v) is 1.11. The van der Waals surface area contributed by atoms with Crippen molar-refractivity contribution in [3.05, 3.63) is 29.3 Å². The number of nitrogens with zero attached hydrogens (tertiary/aromatic N) is 1. The molecule has 2 nitrogen and oxygen atoms in total. The van der Waals surface area contributed by atoms with Gasteiger partial charge in [-0.2, -0.15) is 18.4 Å². The Kier molecular flexibility index (Phi) is 3.89. The first-order valence-electron chi connectivity index (χ1n) is 4.37. The fourth-order valence-electron chi connectivity index (χ4n) is 1.11. The summed E-state index contributed by atoms with van der Waals surface area (Å²) < 4.78 is 65.2. The molecule has 7 heteroatoms. The second-order valence-electron chi connectivity index (χ2n) is 3.02. The highest BCUT2D eigenvalue weighted by Gasteiger charge is 2.33. The Hall–Kier alpha value is -1.84. The van der Waals surface area contributed by atoms with E-state index in [2.05, 4.69) is 4.74 Å². The van der Waals surface area contributed by atoms with Crippen molar-refractivity contribution in [2.24, 2.45) is 0 Å². The molecule has 0 aromatic heterocycles. The quantitative estimate of drug-likeness (QED) is 0.772. The van der Waals surface area contributed by atoms with E-state index in [-0.39, 0.29) is 5.75 Å². The lowest BCUT2D eigenvalue weighted by molar-refractivity contribution is -0.137. The summed E-state index contributed by atoms with van der Waals surface area (Å²) in [7, 11) is 0. The molecule has 0 radical (unpaired) electrons. The smallest absolute Gasteiger partial charge is 0.417 e. The predicted octanol–water partition coefficient (Wildman–Crippen LogP) is 3.22. The number of alkyl halides is 5. The SMILES string of the molecule is N#Cc1cc(OCC(F)F)ccc1C(F)(F)F. The third-order valence-electron chi connectivity index (χ3n) is 1.79. The molecule has 1 aromatic rings. The van der Waals surface area contributed by atoms with Crippen LogP contribution in [-0.2, 0) is 6.18 Å². The normalized spacial score (nSPS) is 11.4. The van der Waals surface area contributed by atoms with Crippen molar-refractivity contribution in [2.45, 2.75) is 12.6 Å². The third-order valence-corrected chi connectivity index (χ3v) is 1.79. The zero-order chi connectivity index (χ0) is 13.1. The van der Waals surface area contributed by atoms with Gasteiger partial charge in [0, 0.05) is 0 Å². The van der Waals surface area contributed by atoms with Crippen LogP contribution < -0.4 is 4.74 Å². The number of rotatable bonds is 3. The minimum absolute atomic E-state index is 0.199. The Morgan fingerprint density at radius 2 is 1.94 bits per heavy atom. The van der Waals surface area contributed by atoms with E-state index >= 15 is 0 Å². The van der Waals surface area contributed by atoms with Gasteiger partial charge in [-0.05, 0) is 18.2 Å². The van der Waals surface area contributed by atoms with Crippen molar-refractivity contribution in [1.29, 1.82) is 5.26 Å². The summed E-state index contributed by atoms with van der Waals surface area (Å²) in [5.74, 6) is -0.199. The van der Waals surface area contributed by atoms with E-state index in [1.54, 1.807) is 0 Å². The molecule has 0 atom stereocenters. The molecule has 0 fully saturated rings. The lowest BCUT2D eigenvalue weighted by atomic mass is 10.1. The first kappa shape index (κ1) is 13.2. The Morgan fingerprint density at radius 3 is 2.41 bits per heavy atom. The zero-order valence-electron chi connectivity index (χ0n) is 8.26.